The molecule has 0 fully saturated rings. The number of benzene rings is 2. The van der Waals surface area contributed by atoms with E-state index in [9.17, 15) is 23.3 Å². The number of carbonyl (C=O) groups excluding carboxylic acids is 1. The third-order valence-electron chi connectivity index (χ3n) is 3.12. The van der Waals surface area contributed by atoms with Crippen LogP contribution in [-0.4, -0.2) is 26.4 Å². The van der Waals surface area contributed by atoms with Crippen LogP contribution in [0.15, 0.2) is 47.4 Å². The average Bonchev–Trinajstić information content (AvgIpc) is 2.54. The number of rotatable bonds is 6. The number of nitrogens with zero attached hydrogens (tertiary/aromatic N) is 1. The van der Waals surface area contributed by atoms with Gasteiger partial charge in [0.2, 0.25) is 5.91 Å². The molecule has 0 saturated heterocycles. The molecule has 0 saturated carbocycles. The molecule has 0 aliphatic carbocycles. The first kappa shape index (κ1) is 18.2. The molecule has 2 rings (SSSR count). The predicted molar refractivity (Wildman–Crippen MR) is 91.2 cm³/mol. The molecule has 0 aliphatic heterocycles. The molecule has 0 unspecified atom stereocenters. The lowest BCUT2D eigenvalue weighted by Gasteiger charge is -2.12. The first-order valence-electron chi connectivity index (χ1n) is 6.96. The van der Waals surface area contributed by atoms with Crippen molar-refractivity contribution in [2.45, 2.75) is 11.8 Å². The second kappa shape index (κ2) is 7.18. The SMILES string of the molecule is COc1ccc([N+](=O)[O-])cc1NS(=O)(=O)c1ccc(NC(C)=O)cc1. The van der Waals surface area contributed by atoms with Crippen molar-refractivity contribution < 1.29 is 22.9 Å². The molecule has 1 amide bonds. The zero-order chi connectivity index (χ0) is 18.6. The van der Waals surface area contributed by atoms with Gasteiger partial charge in [-0.1, -0.05) is 0 Å². The summed E-state index contributed by atoms with van der Waals surface area (Å²) in [5.74, 6) is -0.140. The van der Waals surface area contributed by atoms with Gasteiger partial charge in [-0.25, -0.2) is 8.42 Å². The van der Waals surface area contributed by atoms with Gasteiger partial charge >= 0.3 is 0 Å². The molecule has 2 N–H and O–H groups in total. The minimum Gasteiger partial charge on any atom is -0.495 e. The number of ether oxygens (including phenoxy) is 1. The van der Waals surface area contributed by atoms with Gasteiger partial charge in [0.1, 0.15) is 5.75 Å². The highest BCUT2D eigenvalue weighted by Crippen LogP contribution is 2.31. The number of amides is 1. The first-order chi connectivity index (χ1) is 11.7. The molecular formula is C15H15N3O6S. The van der Waals surface area contributed by atoms with Crippen LogP contribution >= 0.6 is 0 Å². The lowest BCUT2D eigenvalue weighted by molar-refractivity contribution is -0.384. The lowest BCUT2D eigenvalue weighted by Crippen LogP contribution is -2.14. The Bertz CT molecular complexity index is 909. The van der Waals surface area contributed by atoms with Crippen LogP contribution in [0.2, 0.25) is 0 Å². The van der Waals surface area contributed by atoms with Gasteiger partial charge < -0.3 is 10.1 Å². The second-order valence-corrected chi connectivity index (χ2v) is 6.64. The van der Waals surface area contributed by atoms with Crippen molar-refractivity contribution in [3.63, 3.8) is 0 Å². The average molecular weight is 365 g/mol. The Morgan fingerprint density at radius 1 is 1.16 bits per heavy atom. The molecular weight excluding hydrogens is 350 g/mol. The van der Waals surface area contributed by atoms with Crippen molar-refractivity contribution >= 4 is 33.0 Å². The summed E-state index contributed by atoms with van der Waals surface area (Å²) in [6.07, 6.45) is 0. The molecule has 9 nitrogen and oxygen atoms in total. The molecule has 25 heavy (non-hydrogen) atoms. The molecule has 0 aliphatic rings. The molecule has 0 atom stereocenters. The number of nitrogens with one attached hydrogen (secondary N) is 2. The van der Waals surface area contributed by atoms with Crippen LogP contribution in [-0.2, 0) is 14.8 Å². The Morgan fingerprint density at radius 2 is 1.80 bits per heavy atom. The number of nitro groups is 1. The molecule has 2 aromatic rings. The highest BCUT2D eigenvalue weighted by Gasteiger charge is 2.19. The van der Waals surface area contributed by atoms with Gasteiger partial charge in [-0.15, -0.1) is 0 Å². The van der Waals surface area contributed by atoms with E-state index in [1.54, 1.807) is 0 Å². The molecule has 2 aromatic carbocycles. The molecule has 0 heterocycles. The standard InChI is InChI=1S/C15H15N3O6S/c1-10(19)16-11-3-6-13(7-4-11)25(22,23)17-14-9-12(18(20)21)5-8-15(14)24-2/h3-9,17H,1-2H3,(H,16,19). The lowest BCUT2D eigenvalue weighted by atomic mass is 10.2. The third-order valence-corrected chi connectivity index (χ3v) is 4.50. The van der Waals surface area contributed by atoms with E-state index >= 15 is 0 Å². The summed E-state index contributed by atoms with van der Waals surface area (Å²) in [7, 11) is -2.68. The van der Waals surface area contributed by atoms with Crippen LogP contribution in [0.3, 0.4) is 0 Å². The van der Waals surface area contributed by atoms with Crippen LogP contribution in [0.4, 0.5) is 17.1 Å². The van der Waals surface area contributed by atoms with Crippen LogP contribution in [0, 0.1) is 10.1 Å². The minimum absolute atomic E-state index is 0.0531. The van der Waals surface area contributed by atoms with E-state index in [-0.39, 0.29) is 27.9 Å². The maximum atomic E-state index is 12.5. The topological polar surface area (TPSA) is 128 Å². The van der Waals surface area contributed by atoms with Gasteiger partial charge in [0, 0.05) is 24.7 Å². The highest BCUT2D eigenvalue weighted by atomic mass is 32.2. The maximum absolute atomic E-state index is 12.5. The number of nitro benzene ring substituents is 1. The van der Waals surface area contributed by atoms with E-state index in [0.717, 1.165) is 6.07 Å². The van der Waals surface area contributed by atoms with Crippen molar-refractivity contribution in [2.24, 2.45) is 0 Å². The van der Waals surface area contributed by atoms with Crippen molar-refractivity contribution in [3.05, 3.63) is 52.6 Å². The summed E-state index contributed by atoms with van der Waals surface area (Å²) in [6.45, 7) is 1.33. The minimum atomic E-state index is -4.00. The van der Waals surface area contributed by atoms with E-state index in [1.165, 1.54) is 50.4 Å². The summed E-state index contributed by atoms with van der Waals surface area (Å²) >= 11 is 0. The van der Waals surface area contributed by atoms with Crippen LogP contribution in [0.1, 0.15) is 6.92 Å². The maximum Gasteiger partial charge on any atom is 0.271 e. The largest absolute Gasteiger partial charge is 0.495 e. The molecule has 0 spiro atoms. The van der Waals surface area contributed by atoms with Crippen molar-refractivity contribution in [1.82, 2.24) is 0 Å². The molecule has 132 valence electrons. The second-order valence-electron chi connectivity index (χ2n) is 4.95. The number of methoxy groups -OCH3 is 1. The Morgan fingerprint density at radius 3 is 2.32 bits per heavy atom. The van der Waals surface area contributed by atoms with Gasteiger partial charge in [-0.2, -0.15) is 0 Å². The number of hydrogen-bond donors (Lipinski definition) is 2. The number of non-ortho nitro benzene ring substituents is 1. The van der Waals surface area contributed by atoms with Gasteiger partial charge in [-0.05, 0) is 30.3 Å². The van der Waals surface area contributed by atoms with E-state index in [1.807, 2.05) is 0 Å². The van der Waals surface area contributed by atoms with Gasteiger partial charge in [0.05, 0.1) is 22.6 Å². The summed E-state index contributed by atoms with van der Waals surface area (Å²) in [5.41, 5.74) is 0.113. The zero-order valence-corrected chi connectivity index (χ0v) is 14.2. The van der Waals surface area contributed by atoms with E-state index in [2.05, 4.69) is 10.0 Å². The monoisotopic (exact) mass is 365 g/mol. The van der Waals surface area contributed by atoms with Crippen molar-refractivity contribution in [3.8, 4) is 5.75 Å². The molecule has 0 radical (unpaired) electrons. The Kier molecular flexibility index (Phi) is 5.22. The van der Waals surface area contributed by atoms with Crippen LogP contribution < -0.4 is 14.8 Å². The van der Waals surface area contributed by atoms with Crippen LogP contribution in [0.5, 0.6) is 5.75 Å². The molecule has 0 aromatic heterocycles. The summed E-state index contributed by atoms with van der Waals surface area (Å²) in [4.78, 5) is 21.1. The fourth-order valence-corrected chi connectivity index (χ4v) is 3.07. The smallest absolute Gasteiger partial charge is 0.271 e. The number of hydrogen-bond acceptors (Lipinski definition) is 6. The van der Waals surface area contributed by atoms with Crippen LogP contribution in [0.25, 0.3) is 0 Å². The summed E-state index contributed by atoms with van der Waals surface area (Å²) in [6, 6.07) is 9.05. The van der Waals surface area contributed by atoms with Crippen molar-refractivity contribution in [1.29, 1.82) is 0 Å². The fraction of sp³-hybridized carbons (Fsp3) is 0.133. The fourth-order valence-electron chi connectivity index (χ4n) is 2.01. The predicted octanol–water partition coefficient (Wildman–Crippen LogP) is 2.36. The van der Waals surface area contributed by atoms with Gasteiger partial charge in [0.15, 0.2) is 0 Å². The quantitative estimate of drug-likeness (QED) is 0.597. The third kappa shape index (κ3) is 4.44. The van der Waals surface area contributed by atoms with E-state index < -0.39 is 14.9 Å². The van der Waals surface area contributed by atoms with Gasteiger partial charge in [-0.3, -0.25) is 19.6 Å². The number of sulfonamides is 1. The Labute approximate surface area is 143 Å². The van der Waals surface area contributed by atoms with E-state index in [4.69, 9.17) is 4.74 Å². The van der Waals surface area contributed by atoms with Crippen molar-refractivity contribution in [2.75, 3.05) is 17.1 Å². The van der Waals surface area contributed by atoms with Gasteiger partial charge in [0.25, 0.3) is 15.7 Å². The normalized spacial score (nSPS) is 10.8. The molecule has 0 bridgehead atoms. The Hall–Kier alpha value is -3.14. The number of carbonyl (C=O) groups is 1. The summed E-state index contributed by atoms with van der Waals surface area (Å²) < 4.78 is 32.2. The zero-order valence-electron chi connectivity index (χ0n) is 13.3. The number of anilines is 2. The Balaban J connectivity index is 2.33. The first-order valence-corrected chi connectivity index (χ1v) is 8.44. The highest BCUT2D eigenvalue weighted by molar-refractivity contribution is 7.92. The van der Waals surface area contributed by atoms with E-state index in [0.29, 0.717) is 5.69 Å². The molecule has 10 heteroatoms. The summed E-state index contributed by atoms with van der Waals surface area (Å²) in [5, 5.41) is 13.4.